The number of benzene rings is 1. The number of aliphatic carboxylic acids is 1. The summed E-state index contributed by atoms with van der Waals surface area (Å²) in [4.78, 5) is 26.5. The highest BCUT2D eigenvalue weighted by atomic mass is 79.9. The van der Waals surface area contributed by atoms with Gasteiger partial charge >= 0.3 is 5.97 Å². The predicted octanol–water partition coefficient (Wildman–Crippen LogP) is 1.94. The summed E-state index contributed by atoms with van der Waals surface area (Å²) in [7, 11) is 0. The van der Waals surface area contributed by atoms with Crippen molar-refractivity contribution in [1.82, 2.24) is 9.80 Å². The third-order valence-electron chi connectivity index (χ3n) is 3.20. The summed E-state index contributed by atoms with van der Waals surface area (Å²) >= 11 is 9.42. The minimum atomic E-state index is -0.847. The summed E-state index contributed by atoms with van der Waals surface area (Å²) in [6.45, 7) is 2.15. The van der Waals surface area contributed by atoms with Gasteiger partial charge in [-0.3, -0.25) is 14.5 Å². The molecule has 108 valence electrons. The first-order valence-electron chi connectivity index (χ1n) is 6.16. The van der Waals surface area contributed by atoms with Crippen LogP contribution in [0.15, 0.2) is 22.7 Å². The average molecular weight is 362 g/mol. The maximum Gasteiger partial charge on any atom is 0.317 e. The van der Waals surface area contributed by atoms with Crippen LogP contribution >= 0.6 is 27.5 Å². The summed E-state index contributed by atoms with van der Waals surface area (Å²) in [5, 5.41) is 9.15. The smallest absolute Gasteiger partial charge is 0.317 e. The van der Waals surface area contributed by atoms with E-state index in [1.807, 2.05) is 4.90 Å². The Morgan fingerprint density at radius 2 is 1.90 bits per heavy atom. The van der Waals surface area contributed by atoms with Crippen LogP contribution in [-0.2, 0) is 4.79 Å². The number of nitrogens with zero attached hydrogens (tertiary/aromatic N) is 2. The van der Waals surface area contributed by atoms with E-state index in [0.29, 0.717) is 41.2 Å². The van der Waals surface area contributed by atoms with Gasteiger partial charge in [-0.15, -0.1) is 0 Å². The zero-order chi connectivity index (χ0) is 14.7. The highest BCUT2D eigenvalue weighted by Crippen LogP contribution is 2.27. The van der Waals surface area contributed by atoms with Crippen LogP contribution in [0, 0.1) is 0 Å². The van der Waals surface area contributed by atoms with E-state index in [2.05, 4.69) is 15.9 Å². The molecule has 5 nitrogen and oxygen atoms in total. The number of carboxylic acids is 1. The second-order valence-electron chi connectivity index (χ2n) is 4.56. The van der Waals surface area contributed by atoms with Crippen molar-refractivity contribution in [3.05, 3.63) is 33.3 Å². The summed E-state index contributed by atoms with van der Waals surface area (Å²) in [5.41, 5.74) is 0.465. The molecule has 1 heterocycles. The largest absolute Gasteiger partial charge is 0.480 e. The molecule has 0 saturated carbocycles. The van der Waals surface area contributed by atoms with Crippen molar-refractivity contribution in [2.24, 2.45) is 0 Å². The molecule has 0 aliphatic carbocycles. The summed E-state index contributed by atoms with van der Waals surface area (Å²) < 4.78 is 0.689. The summed E-state index contributed by atoms with van der Waals surface area (Å²) in [6, 6.07) is 5.24. The van der Waals surface area contributed by atoms with E-state index in [1.54, 1.807) is 23.1 Å². The fourth-order valence-corrected chi connectivity index (χ4v) is 2.71. The molecule has 1 N–H and O–H groups in total. The van der Waals surface area contributed by atoms with E-state index in [0.717, 1.165) is 0 Å². The average Bonchev–Trinajstić information content (AvgIpc) is 2.41. The second kappa shape index (κ2) is 6.56. The Bertz CT molecular complexity index is 530. The molecule has 20 heavy (non-hydrogen) atoms. The van der Waals surface area contributed by atoms with Crippen LogP contribution in [0.1, 0.15) is 10.4 Å². The lowest BCUT2D eigenvalue weighted by Gasteiger charge is -2.34. The standard InChI is InChI=1S/C13H14BrClN2O3/c14-10-3-1-2-9(12(10)15)13(20)17-6-4-16(5-7-17)8-11(18)19/h1-3H,4-8H2,(H,18,19). The van der Waals surface area contributed by atoms with Crippen molar-refractivity contribution in [2.75, 3.05) is 32.7 Å². The second-order valence-corrected chi connectivity index (χ2v) is 5.80. The topological polar surface area (TPSA) is 60.9 Å². The lowest BCUT2D eigenvalue weighted by atomic mass is 10.2. The monoisotopic (exact) mass is 360 g/mol. The van der Waals surface area contributed by atoms with Gasteiger partial charge in [-0.1, -0.05) is 17.7 Å². The normalized spacial score (nSPS) is 16.2. The van der Waals surface area contributed by atoms with Gasteiger partial charge in [0.15, 0.2) is 0 Å². The van der Waals surface area contributed by atoms with Crippen molar-refractivity contribution in [3.63, 3.8) is 0 Å². The van der Waals surface area contributed by atoms with Crippen LogP contribution in [0.4, 0.5) is 0 Å². The maximum atomic E-state index is 12.4. The maximum absolute atomic E-state index is 12.4. The Morgan fingerprint density at radius 3 is 2.50 bits per heavy atom. The molecule has 0 radical (unpaired) electrons. The molecule has 1 amide bonds. The lowest BCUT2D eigenvalue weighted by Crippen LogP contribution is -2.49. The molecular weight excluding hydrogens is 348 g/mol. The molecule has 1 fully saturated rings. The van der Waals surface area contributed by atoms with Crippen LogP contribution in [-0.4, -0.2) is 59.5 Å². The van der Waals surface area contributed by atoms with Crippen molar-refractivity contribution >= 4 is 39.4 Å². The number of hydrogen-bond acceptors (Lipinski definition) is 3. The molecule has 0 bridgehead atoms. The molecular formula is C13H14BrClN2O3. The SMILES string of the molecule is O=C(O)CN1CCN(C(=O)c2cccc(Br)c2Cl)CC1. The third-order valence-corrected chi connectivity index (χ3v) is 4.50. The molecule has 1 saturated heterocycles. The van der Waals surface area contributed by atoms with Crippen LogP contribution in [0.5, 0.6) is 0 Å². The van der Waals surface area contributed by atoms with Crippen LogP contribution in [0.3, 0.4) is 0 Å². The zero-order valence-corrected chi connectivity index (χ0v) is 13.0. The summed E-state index contributed by atoms with van der Waals surface area (Å²) in [6.07, 6.45) is 0. The minimum Gasteiger partial charge on any atom is -0.480 e. The number of rotatable bonds is 3. The molecule has 2 rings (SSSR count). The molecule has 1 aromatic carbocycles. The molecule has 0 unspecified atom stereocenters. The number of carbonyl (C=O) groups is 2. The first kappa shape index (κ1) is 15.3. The molecule has 0 aromatic heterocycles. The Morgan fingerprint density at radius 1 is 1.25 bits per heavy atom. The first-order chi connectivity index (χ1) is 9.49. The van der Waals surface area contributed by atoms with Gasteiger partial charge in [-0.05, 0) is 28.1 Å². The van der Waals surface area contributed by atoms with E-state index < -0.39 is 5.97 Å². The van der Waals surface area contributed by atoms with Gasteiger partial charge in [0.05, 0.1) is 17.1 Å². The van der Waals surface area contributed by atoms with Crippen molar-refractivity contribution in [2.45, 2.75) is 0 Å². The van der Waals surface area contributed by atoms with Crippen LogP contribution in [0.25, 0.3) is 0 Å². The van der Waals surface area contributed by atoms with E-state index in [9.17, 15) is 9.59 Å². The number of carbonyl (C=O) groups excluding carboxylic acids is 1. The third kappa shape index (κ3) is 3.50. The fourth-order valence-electron chi connectivity index (χ4n) is 2.14. The van der Waals surface area contributed by atoms with E-state index in [1.165, 1.54) is 0 Å². The Labute approximate surface area is 130 Å². The van der Waals surface area contributed by atoms with Crippen molar-refractivity contribution in [3.8, 4) is 0 Å². The fraction of sp³-hybridized carbons (Fsp3) is 0.385. The summed E-state index contributed by atoms with van der Waals surface area (Å²) in [5.74, 6) is -0.967. The molecule has 0 spiro atoms. The van der Waals surface area contributed by atoms with Gasteiger partial charge < -0.3 is 10.0 Å². The molecule has 0 atom stereocenters. The van der Waals surface area contributed by atoms with Gasteiger partial charge in [0.25, 0.3) is 5.91 Å². The van der Waals surface area contributed by atoms with E-state index in [4.69, 9.17) is 16.7 Å². The number of piperazine rings is 1. The predicted molar refractivity (Wildman–Crippen MR) is 79.1 cm³/mol. The Balaban J connectivity index is 2.02. The molecule has 1 aliphatic heterocycles. The van der Waals surface area contributed by atoms with Crippen LogP contribution < -0.4 is 0 Å². The number of carboxylic acid groups (broad SMARTS) is 1. The molecule has 1 aliphatic rings. The highest BCUT2D eigenvalue weighted by molar-refractivity contribution is 9.10. The van der Waals surface area contributed by atoms with Gasteiger partial charge in [0.1, 0.15) is 0 Å². The zero-order valence-electron chi connectivity index (χ0n) is 10.7. The Hall–Kier alpha value is -1.11. The lowest BCUT2D eigenvalue weighted by molar-refractivity contribution is -0.138. The van der Waals surface area contributed by atoms with Gasteiger partial charge in [-0.25, -0.2) is 0 Å². The van der Waals surface area contributed by atoms with Gasteiger partial charge in [0.2, 0.25) is 0 Å². The van der Waals surface area contributed by atoms with Gasteiger partial charge in [0, 0.05) is 30.7 Å². The van der Waals surface area contributed by atoms with Crippen molar-refractivity contribution < 1.29 is 14.7 Å². The van der Waals surface area contributed by atoms with E-state index in [-0.39, 0.29) is 12.5 Å². The number of amides is 1. The minimum absolute atomic E-state index is 0.0136. The van der Waals surface area contributed by atoms with Gasteiger partial charge in [-0.2, -0.15) is 0 Å². The highest BCUT2D eigenvalue weighted by Gasteiger charge is 2.24. The van der Waals surface area contributed by atoms with E-state index >= 15 is 0 Å². The molecule has 7 heteroatoms. The number of halogens is 2. The Kier molecular flexibility index (Phi) is 5.01. The quantitative estimate of drug-likeness (QED) is 0.894. The number of hydrogen-bond donors (Lipinski definition) is 1. The van der Waals surface area contributed by atoms with Crippen molar-refractivity contribution in [1.29, 1.82) is 0 Å². The first-order valence-corrected chi connectivity index (χ1v) is 7.33. The van der Waals surface area contributed by atoms with Crippen LogP contribution in [0.2, 0.25) is 5.02 Å². The molecule has 1 aromatic rings.